The highest BCUT2D eigenvalue weighted by molar-refractivity contribution is 8.76. The molecule has 0 aliphatic carbocycles. The Labute approximate surface area is 226 Å². The van der Waals surface area contributed by atoms with Crippen LogP contribution in [0.4, 0.5) is 0 Å². The highest BCUT2D eigenvalue weighted by Crippen LogP contribution is 2.50. The predicted molar refractivity (Wildman–Crippen MR) is 143 cm³/mol. The highest BCUT2D eigenvalue weighted by atomic mass is 33.1. The number of β-lactam (4-membered cyclic amide) rings is 1. The molecule has 1 aromatic heterocycles. The average molecular weight is 562 g/mol. The molecule has 37 heavy (non-hydrogen) atoms. The third kappa shape index (κ3) is 5.74. The normalized spacial score (nSPS) is 22.5. The smallest absolute Gasteiger partial charge is 0.327 e. The van der Waals surface area contributed by atoms with Crippen molar-refractivity contribution in [1.82, 2.24) is 20.2 Å². The van der Waals surface area contributed by atoms with Gasteiger partial charge < -0.3 is 15.3 Å². The molecule has 4 N–H and O–H groups in total. The van der Waals surface area contributed by atoms with E-state index >= 15 is 0 Å². The fraction of sp³-hybridized carbons (Fsp3) is 0.375. The standard InChI is InChI=1S/C24H27N5O5S3/c1-24(2)19(23(33)34)28-21(32)17(22(28)36-24)27-20(31)18(14-8-4-3-5-9-14)29(25)16(30)11-13-35-37-15-10-6-7-12-26-15/h3-10,12,17-19,22H,11,13,25H2,1-2H3,(H,27,31)(H,33,34). The Balaban J connectivity index is 1.42. The van der Waals surface area contributed by atoms with Gasteiger partial charge in [0.2, 0.25) is 17.7 Å². The van der Waals surface area contributed by atoms with E-state index < -0.39 is 51.9 Å². The summed E-state index contributed by atoms with van der Waals surface area (Å²) in [5.74, 6) is 4.06. The van der Waals surface area contributed by atoms with Crippen LogP contribution in [0.15, 0.2) is 59.8 Å². The van der Waals surface area contributed by atoms with Gasteiger partial charge in [0.05, 0.1) is 0 Å². The fourth-order valence-corrected chi connectivity index (χ4v) is 7.84. The van der Waals surface area contributed by atoms with Crippen molar-refractivity contribution in [1.29, 1.82) is 0 Å². The molecule has 13 heteroatoms. The zero-order valence-electron chi connectivity index (χ0n) is 20.1. The van der Waals surface area contributed by atoms with Crippen LogP contribution in [-0.4, -0.2) is 71.6 Å². The number of aliphatic carboxylic acids is 1. The van der Waals surface area contributed by atoms with Gasteiger partial charge in [-0.25, -0.2) is 15.6 Å². The van der Waals surface area contributed by atoms with Crippen molar-refractivity contribution in [2.45, 2.75) is 53.5 Å². The Morgan fingerprint density at radius 3 is 2.57 bits per heavy atom. The van der Waals surface area contributed by atoms with Crippen molar-refractivity contribution >= 4 is 57.0 Å². The van der Waals surface area contributed by atoms with Gasteiger partial charge in [-0.15, -0.1) is 11.8 Å². The first kappa shape index (κ1) is 27.3. The molecule has 1 aromatic carbocycles. The Morgan fingerprint density at radius 2 is 1.92 bits per heavy atom. The number of fused-ring (bicyclic) bond motifs is 1. The van der Waals surface area contributed by atoms with Crippen LogP contribution in [0.2, 0.25) is 0 Å². The lowest BCUT2D eigenvalue weighted by molar-refractivity contribution is -0.161. The molecule has 0 spiro atoms. The summed E-state index contributed by atoms with van der Waals surface area (Å²) in [4.78, 5) is 56.5. The van der Waals surface area contributed by atoms with Crippen molar-refractivity contribution in [3.8, 4) is 0 Å². The monoisotopic (exact) mass is 561 g/mol. The number of thioether (sulfide) groups is 1. The molecule has 2 fully saturated rings. The maximum Gasteiger partial charge on any atom is 0.327 e. The van der Waals surface area contributed by atoms with Crippen molar-refractivity contribution in [2.75, 3.05) is 5.75 Å². The van der Waals surface area contributed by atoms with E-state index in [2.05, 4.69) is 10.3 Å². The molecule has 3 heterocycles. The molecule has 0 bridgehead atoms. The minimum Gasteiger partial charge on any atom is -0.480 e. The number of aromatic nitrogens is 1. The van der Waals surface area contributed by atoms with Gasteiger partial charge >= 0.3 is 5.97 Å². The molecule has 196 valence electrons. The maximum atomic E-state index is 13.4. The van der Waals surface area contributed by atoms with Crippen LogP contribution in [0, 0.1) is 0 Å². The third-order valence-electron chi connectivity index (χ3n) is 6.08. The van der Waals surface area contributed by atoms with Gasteiger partial charge in [-0.3, -0.25) is 19.4 Å². The second kappa shape index (κ2) is 11.3. The summed E-state index contributed by atoms with van der Waals surface area (Å²) in [6.45, 7) is 3.52. The molecule has 3 amide bonds. The van der Waals surface area contributed by atoms with E-state index in [0.717, 1.165) is 10.0 Å². The largest absolute Gasteiger partial charge is 0.480 e. The number of carbonyl (C=O) groups is 4. The fourth-order valence-electron chi connectivity index (χ4n) is 4.35. The number of hydrazine groups is 1. The van der Waals surface area contributed by atoms with Crippen LogP contribution in [-0.2, 0) is 19.2 Å². The molecule has 0 saturated carbocycles. The molecule has 2 aliphatic heterocycles. The Bertz CT molecular complexity index is 1170. The quantitative estimate of drug-likeness (QED) is 0.0986. The molecule has 4 atom stereocenters. The number of nitrogens with zero attached hydrogens (tertiary/aromatic N) is 3. The zero-order chi connectivity index (χ0) is 26.7. The van der Waals surface area contributed by atoms with Crippen molar-refractivity contribution in [3.05, 3.63) is 60.3 Å². The summed E-state index contributed by atoms with van der Waals surface area (Å²) in [7, 11) is 2.90. The number of hydrogen-bond donors (Lipinski definition) is 3. The number of carboxylic acid groups (broad SMARTS) is 1. The first-order valence-electron chi connectivity index (χ1n) is 11.5. The number of pyridine rings is 1. The lowest BCUT2D eigenvalue weighted by atomic mass is 9.95. The molecular weight excluding hydrogens is 534 g/mol. The maximum absolute atomic E-state index is 13.4. The van der Waals surface area contributed by atoms with Crippen LogP contribution >= 0.6 is 33.3 Å². The summed E-state index contributed by atoms with van der Waals surface area (Å²) in [5.41, 5.74) is 0.498. The van der Waals surface area contributed by atoms with E-state index in [1.54, 1.807) is 50.4 Å². The second-order valence-electron chi connectivity index (χ2n) is 9.02. The molecule has 2 aliphatic rings. The van der Waals surface area contributed by atoms with Gasteiger partial charge in [0, 0.05) is 23.1 Å². The summed E-state index contributed by atoms with van der Waals surface area (Å²) < 4.78 is -0.717. The zero-order valence-corrected chi connectivity index (χ0v) is 22.6. The van der Waals surface area contributed by atoms with Gasteiger partial charge in [-0.1, -0.05) is 47.2 Å². The minimum atomic E-state index is -1.15. The van der Waals surface area contributed by atoms with E-state index in [1.807, 2.05) is 18.2 Å². The summed E-state index contributed by atoms with van der Waals surface area (Å²) in [5, 5.41) is 13.6. The van der Waals surface area contributed by atoms with Gasteiger partial charge in [-0.05, 0) is 42.3 Å². The topological polar surface area (TPSA) is 146 Å². The summed E-state index contributed by atoms with van der Waals surface area (Å²) in [6, 6.07) is 11.2. The van der Waals surface area contributed by atoms with E-state index in [0.29, 0.717) is 11.3 Å². The number of nitrogens with one attached hydrogen (secondary N) is 1. The number of carboxylic acids is 1. The van der Waals surface area contributed by atoms with E-state index in [1.165, 1.54) is 38.2 Å². The molecule has 4 unspecified atom stereocenters. The van der Waals surface area contributed by atoms with E-state index in [-0.39, 0.29) is 6.42 Å². The minimum absolute atomic E-state index is 0.0979. The van der Waals surface area contributed by atoms with Crippen molar-refractivity contribution in [2.24, 2.45) is 5.84 Å². The van der Waals surface area contributed by atoms with Crippen LogP contribution in [0.3, 0.4) is 0 Å². The lowest BCUT2D eigenvalue weighted by Crippen LogP contribution is -2.71. The van der Waals surface area contributed by atoms with Crippen LogP contribution in [0.5, 0.6) is 0 Å². The summed E-state index contributed by atoms with van der Waals surface area (Å²) in [6.07, 6.45) is 1.79. The summed E-state index contributed by atoms with van der Waals surface area (Å²) >= 11 is 1.33. The van der Waals surface area contributed by atoms with Crippen LogP contribution < -0.4 is 11.2 Å². The second-order valence-corrected chi connectivity index (χ2v) is 13.2. The van der Waals surface area contributed by atoms with Crippen LogP contribution in [0.1, 0.15) is 31.9 Å². The van der Waals surface area contributed by atoms with E-state index in [9.17, 15) is 24.3 Å². The molecule has 0 radical (unpaired) electrons. The first-order chi connectivity index (χ1) is 17.6. The van der Waals surface area contributed by atoms with Gasteiger partial charge in [0.25, 0.3) is 0 Å². The number of carbonyl (C=O) groups excluding carboxylic acids is 3. The van der Waals surface area contributed by atoms with E-state index in [4.69, 9.17) is 5.84 Å². The lowest BCUT2D eigenvalue weighted by Gasteiger charge is -2.44. The number of hydrogen-bond acceptors (Lipinski definition) is 9. The Morgan fingerprint density at radius 1 is 1.22 bits per heavy atom. The average Bonchev–Trinajstić information content (AvgIpc) is 3.14. The predicted octanol–water partition coefficient (Wildman–Crippen LogP) is 2.29. The van der Waals surface area contributed by atoms with Gasteiger partial charge in [0.1, 0.15) is 22.5 Å². The Kier molecular flexibility index (Phi) is 8.36. The number of benzene rings is 1. The molecule has 4 rings (SSSR count). The first-order valence-corrected chi connectivity index (χ1v) is 14.7. The van der Waals surface area contributed by atoms with Gasteiger partial charge in [-0.2, -0.15) is 0 Å². The Hall–Kier alpha value is -2.74. The molecule has 2 saturated heterocycles. The van der Waals surface area contributed by atoms with Crippen LogP contribution in [0.25, 0.3) is 0 Å². The van der Waals surface area contributed by atoms with Crippen molar-refractivity contribution in [3.63, 3.8) is 0 Å². The van der Waals surface area contributed by atoms with Crippen molar-refractivity contribution < 1.29 is 24.3 Å². The number of nitrogens with two attached hydrogens (primary N) is 1. The number of rotatable bonds is 10. The highest BCUT2D eigenvalue weighted by Gasteiger charge is 2.64. The van der Waals surface area contributed by atoms with Gasteiger partial charge in [0.15, 0.2) is 6.04 Å². The third-order valence-corrected chi connectivity index (χ3v) is 9.92. The molecule has 10 nitrogen and oxygen atoms in total. The number of amides is 3. The molecule has 2 aromatic rings. The molecular formula is C24H27N5O5S3. The SMILES string of the molecule is CC1(C)SC2C(NC(=O)C(c3ccccc3)N(N)C(=O)CCSSc3ccccn3)C(=O)N2C1C(=O)O.